The van der Waals surface area contributed by atoms with Crippen LogP contribution in [0.3, 0.4) is 0 Å². The fourth-order valence-electron chi connectivity index (χ4n) is 2.38. The van der Waals surface area contributed by atoms with Gasteiger partial charge in [-0.3, -0.25) is 15.1 Å². The number of ether oxygens (including phenoxy) is 1. The Morgan fingerprint density at radius 2 is 1.72 bits per heavy atom. The number of hydrogen-bond acceptors (Lipinski definition) is 6. The molecule has 0 saturated carbocycles. The van der Waals surface area contributed by atoms with E-state index in [0.717, 1.165) is 6.07 Å². The maximum Gasteiger partial charge on any atom is 0.417 e. The summed E-state index contributed by atoms with van der Waals surface area (Å²) >= 11 is 5.55. The fraction of sp³-hybridized carbons (Fsp3) is 0.105. The molecule has 2 heterocycles. The number of halogens is 4. The van der Waals surface area contributed by atoms with Crippen molar-refractivity contribution in [3.63, 3.8) is 0 Å². The van der Waals surface area contributed by atoms with Gasteiger partial charge in [-0.15, -0.1) is 0 Å². The number of rotatable bonds is 5. The molecule has 0 bridgehead atoms. The first-order chi connectivity index (χ1) is 15.2. The third-order valence-corrected chi connectivity index (χ3v) is 4.14. The number of benzene rings is 1. The molecule has 0 aliphatic heterocycles. The zero-order valence-electron chi connectivity index (χ0n) is 16.2. The number of amides is 3. The van der Waals surface area contributed by atoms with Crippen LogP contribution in [0, 0.1) is 0 Å². The number of hydrogen-bond donors (Lipinski definition) is 3. The largest absolute Gasteiger partial charge is 0.454 e. The van der Waals surface area contributed by atoms with Crippen molar-refractivity contribution in [2.45, 2.75) is 6.18 Å². The lowest BCUT2D eigenvalue weighted by Crippen LogP contribution is -2.21. The van der Waals surface area contributed by atoms with Crippen molar-refractivity contribution in [2.75, 3.05) is 17.7 Å². The van der Waals surface area contributed by atoms with E-state index < -0.39 is 22.8 Å². The zero-order valence-corrected chi connectivity index (χ0v) is 17.0. The standard InChI is InChI=1S/C19H14ClF3N6O3/c1-24-16(30)15-7-11(4-5-25-15)32-12-8-26-17(27-9-12)29-18(31)28-10-2-3-14(20)13(6-10)19(21,22)23/h2-9H,1H3,(H,24,30)(H2,26,27,28,29,31). The van der Waals surface area contributed by atoms with Crippen LogP contribution in [0.5, 0.6) is 11.5 Å². The van der Waals surface area contributed by atoms with Gasteiger partial charge in [-0.25, -0.2) is 14.8 Å². The van der Waals surface area contributed by atoms with Gasteiger partial charge in [0.2, 0.25) is 5.95 Å². The van der Waals surface area contributed by atoms with E-state index in [1.165, 1.54) is 43.8 Å². The van der Waals surface area contributed by atoms with E-state index in [4.69, 9.17) is 16.3 Å². The lowest BCUT2D eigenvalue weighted by molar-refractivity contribution is -0.137. The predicted molar refractivity (Wildman–Crippen MR) is 109 cm³/mol. The van der Waals surface area contributed by atoms with Crippen molar-refractivity contribution in [1.29, 1.82) is 0 Å². The molecule has 0 atom stereocenters. The summed E-state index contributed by atoms with van der Waals surface area (Å²) in [6.07, 6.45) is -0.762. The van der Waals surface area contributed by atoms with Gasteiger partial charge in [-0.1, -0.05) is 11.6 Å². The molecule has 1 aromatic carbocycles. The molecular weight excluding hydrogens is 453 g/mol. The number of pyridine rings is 1. The SMILES string of the molecule is CNC(=O)c1cc(Oc2cnc(NC(=O)Nc3ccc(Cl)c(C(F)(F)F)c3)nc2)ccn1. The molecule has 0 unspecified atom stereocenters. The molecule has 13 heteroatoms. The molecule has 0 aliphatic carbocycles. The van der Waals surface area contributed by atoms with Crippen molar-refractivity contribution in [3.05, 3.63) is 65.2 Å². The third kappa shape index (κ3) is 5.82. The molecule has 0 spiro atoms. The Bertz CT molecular complexity index is 1140. The summed E-state index contributed by atoms with van der Waals surface area (Å²) in [5, 5.41) is 6.47. The minimum atomic E-state index is -4.67. The van der Waals surface area contributed by atoms with Crippen molar-refractivity contribution in [1.82, 2.24) is 20.3 Å². The van der Waals surface area contributed by atoms with Gasteiger partial charge in [0.1, 0.15) is 11.4 Å². The second kappa shape index (κ2) is 9.47. The molecule has 2 aromatic heterocycles. The lowest BCUT2D eigenvalue weighted by atomic mass is 10.2. The number of aromatic nitrogens is 3. The fourth-order valence-corrected chi connectivity index (χ4v) is 2.61. The number of alkyl halides is 3. The van der Waals surface area contributed by atoms with E-state index in [-0.39, 0.29) is 29.0 Å². The van der Waals surface area contributed by atoms with Crippen molar-refractivity contribution >= 4 is 35.2 Å². The van der Waals surface area contributed by atoms with E-state index in [1.54, 1.807) is 0 Å². The van der Waals surface area contributed by atoms with Crippen LogP contribution in [-0.2, 0) is 6.18 Å². The number of urea groups is 1. The first-order valence-corrected chi connectivity index (χ1v) is 9.16. The Morgan fingerprint density at radius 1 is 1.00 bits per heavy atom. The van der Waals surface area contributed by atoms with Gasteiger partial charge in [0.25, 0.3) is 5.91 Å². The Labute approximate surface area is 184 Å². The van der Waals surface area contributed by atoms with E-state index in [9.17, 15) is 22.8 Å². The van der Waals surface area contributed by atoms with Gasteiger partial charge in [0, 0.05) is 25.0 Å². The van der Waals surface area contributed by atoms with Crippen LogP contribution in [0.15, 0.2) is 48.9 Å². The average Bonchev–Trinajstić information content (AvgIpc) is 2.75. The predicted octanol–water partition coefficient (Wildman–Crippen LogP) is 4.34. The van der Waals surface area contributed by atoms with Gasteiger partial charge >= 0.3 is 12.2 Å². The van der Waals surface area contributed by atoms with Gasteiger partial charge < -0.3 is 15.4 Å². The van der Waals surface area contributed by atoms with Crippen LogP contribution in [0.1, 0.15) is 16.1 Å². The highest BCUT2D eigenvalue weighted by molar-refractivity contribution is 6.31. The smallest absolute Gasteiger partial charge is 0.417 e. The van der Waals surface area contributed by atoms with Gasteiger partial charge in [-0.2, -0.15) is 13.2 Å². The van der Waals surface area contributed by atoms with Gasteiger partial charge in [0.15, 0.2) is 5.75 Å². The van der Waals surface area contributed by atoms with E-state index in [2.05, 4.69) is 30.9 Å². The molecule has 3 rings (SSSR count). The summed E-state index contributed by atoms with van der Waals surface area (Å²) in [4.78, 5) is 35.4. The van der Waals surface area contributed by atoms with Crippen molar-refractivity contribution in [3.8, 4) is 11.5 Å². The first-order valence-electron chi connectivity index (χ1n) is 8.78. The molecule has 3 amide bonds. The van der Waals surface area contributed by atoms with Crippen LogP contribution in [-0.4, -0.2) is 33.9 Å². The molecular formula is C19H14ClF3N6O3. The van der Waals surface area contributed by atoms with E-state index in [0.29, 0.717) is 11.8 Å². The highest BCUT2D eigenvalue weighted by Crippen LogP contribution is 2.36. The zero-order chi connectivity index (χ0) is 23.3. The Kier molecular flexibility index (Phi) is 6.73. The first kappa shape index (κ1) is 22.7. The van der Waals surface area contributed by atoms with Crippen LogP contribution < -0.4 is 20.7 Å². The molecule has 3 N–H and O–H groups in total. The van der Waals surface area contributed by atoms with Crippen molar-refractivity contribution in [2.24, 2.45) is 0 Å². The second-order valence-electron chi connectivity index (χ2n) is 6.07. The number of carbonyl (C=O) groups excluding carboxylic acids is 2. The number of anilines is 2. The number of nitrogens with zero attached hydrogens (tertiary/aromatic N) is 3. The Balaban J connectivity index is 1.62. The summed E-state index contributed by atoms with van der Waals surface area (Å²) in [5.74, 6) is 0.00216. The molecule has 166 valence electrons. The minimum absolute atomic E-state index is 0.121. The number of nitrogens with one attached hydrogen (secondary N) is 3. The van der Waals surface area contributed by atoms with Crippen LogP contribution >= 0.6 is 11.6 Å². The quantitative estimate of drug-likeness (QED) is 0.515. The Hall–Kier alpha value is -3.93. The van der Waals surface area contributed by atoms with Gasteiger partial charge in [-0.05, 0) is 24.3 Å². The Morgan fingerprint density at radius 3 is 2.38 bits per heavy atom. The molecule has 3 aromatic rings. The van der Waals surface area contributed by atoms with Gasteiger partial charge in [0.05, 0.1) is 23.0 Å². The van der Waals surface area contributed by atoms with Crippen molar-refractivity contribution < 1.29 is 27.5 Å². The summed E-state index contributed by atoms with van der Waals surface area (Å²) in [6.45, 7) is 0. The van der Waals surface area contributed by atoms with Crippen LogP contribution in [0.4, 0.5) is 29.6 Å². The highest BCUT2D eigenvalue weighted by atomic mass is 35.5. The maximum atomic E-state index is 12.9. The molecule has 0 aliphatic rings. The molecule has 0 radical (unpaired) electrons. The summed E-state index contributed by atoms with van der Waals surface area (Å²) in [6, 6.07) is 5.03. The summed E-state index contributed by atoms with van der Waals surface area (Å²) < 4.78 is 44.3. The maximum absolute atomic E-state index is 12.9. The second-order valence-corrected chi connectivity index (χ2v) is 6.48. The molecule has 32 heavy (non-hydrogen) atoms. The molecule has 0 saturated heterocycles. The monoisotopic (exact) mass is 466 g/mol. The highest BCUT2D eigenvalue weighted by Gasteiger charge is 2.33. The summed E-state index contributed by atoms with van der Waals surface area (Å²) in [5.41, 5.74) is -1.05. The number of carbonyl (C=O) groups is 2. The topological polar surface area (TPSA) is 118 Å². The lowest BCUT2D eigenvalue weighted by Gasteiger charge is -2.12. The molecule has 9 nitrogen and oxygen atoms in total. The summed E-state index contributed by atoms with van der Waals surface area (Å²) in [7, 11) is 1.47. The average molecular weight is 467 g/mol. The van der Waals surface area contributed by atoms with Crippen LogP contribution in [0.25, 0.3) is 0 Å². The normalized spacial score (nSPS) is 10.9. The van der Waals surface area contributed by atoms with E-state index in [1.807, 2.05) is 0 Å². The molecule has 0 fully saturated rings. The van der Waals surface area contributed by atoms with Crippen LogP contribution in [0.2, 0.25) is 5.02 Å². The minimum Gasteiger partial charge on any atom is -0.454 e. The van der Waals surface area contributed by atoms with E-state index >= 15 is 0 Å². The third-order valence-electron chi connectivity index (χ3n) is 3.81.